The molecule has 0 atom stereocenters. The van der Waals surface area contributed by atoms with Crippen molar-refractivity contribution in [3.63, 3.8) is 0 Å². The van der Waals surface area contributed by atoms with E-state index in [0.717, 1.165) is 14.7 Å². The second kappa shape index (κ2) is 12.3. The molecular formula is C23H28IN3O4. The topological polar surface area (TPSA) is 89.0 Å². The fraction of sp³-hybridized carbons (Fsp3) is 0.348. The summed E-state index contributed by atoms with van der Waals surface area (Å²) in [5, 5.41) is 6.76. The second-order valence-corrected chi connectivity index (χ2v) is 8.30. The van der Waals surface area contributed by atoms with Gasteiger partial charge in [0.15, 0.2) is 11.5 Å². The summed E-state index contributed by atoms with van der Waals surface area (Å²) < 4.78 is 12.4. The highest BCUT2D eigenvalue weighted by molar-refractivity contribution is 14.1. The number of hydrogen-bond donors (Lipinski definition) is 2. The van der Waals surface area contributed by atoms with E-state index in [2.05, 4.69) is 38.4 Å². The predicted molar refractivity (Wildman–Crippen MR) is 131 cm³/mol. The van der Waals surface area contributed by atoms with Gasteiger partial charge in [0.25, 0.3) is 0 Å². The van der Waals surface area contributed by atoms with Gasteiger partial charge < -0.3 is 14.8 Å². The molecule has 0 saturated heterocycles. The minimum Gasteiger partial charge on any atom is -0.490 e. The van der Waals surface area contributed by atoms with Gasteiger partial charge in [0.05, 0.1) is 22.5 Å². The maximum absolute atomic E-state index is 12.0. The summed E-state index contributed by atoms with van der Waals surface area (Å²) in [4.78, 5) is 24.0. The van der Waals surface area contributed by atoms with Crippen LogP contribution in [-0.2, 0) is 9.59 Å². The SMILES string of the molecule is CCOc1cc(C=NNC(=O)CCC(=O)Nc2ccc(C)cc2)cc(I)c1OC(C)C. The number of nitrogens with one attached hydrogen (secondary N) is 2. The van der Waals surface area contributed by atoms with Gasteiger partial charge in [-0.3, -0.25) is 9.59 Å². The number of hydrogen-bond acceptors (Lipinski definition) is 5. The van der Waals surface area contributed by atoms with Crippen molar-refractivity contribution in [1.29, 1.82) is 0 Å². The Bertz CT molecular complexity index is 927. The van der Waals surface area contributed by atoms with Gasteiger partial charge in [-0.05, 0) is 80.1 Å². The smallest absolute Gasteiger partial charge is 0.240 e. The Morgan fingerprint density at radius 2 is 1.81 bits per heavy atom. The minimum absolute atomic E-state index is 0.0229. The lowest BCUT2D eigenvalue weighted by molar-refractivity contribution is -0.124. The lowest BCUT2D eigenvalue weighted by Crippen LogP contribution is -2.20. The minimum atomic E-state index is -0.338. The molecule has 2 rings (SSSR count). The number of hydrazone groups is 1. The summed E-state index contributed by atoms with van der Waals surface area (Å²) in [5.41, 5.74) is 5.04. The van der Waals surface area contributed by atoms with Crippen molar-refractivity contribution in [3.05, 3.63) is 51.1 Å². The number of halogens is 1. The van der Waals surface area contributed by atoms with E-state index in [9.17, 15) is 9.59 Å². The Balaban J connectivity index is 1.88. The molecular weight excluding hydrogens is 509 g/mol. The maximum atomic E-state index is 12.0. The van der Waals surface area contributed by atoms with E-state index in [1.165, 1.54) is 6.21 Å². The second-order valence-electron chi connectivity index (χ2n) is 7.14. The van der Waals surface area contributed by atoms with Gasteiger partial charge in [0, 0.05) is 18.5 Å². The molecule has 0 aliphatic rings. The molecule has 2 aromatic rings. The molecule has 2 N–H and O–H groups in total. The summed E-state index contributed by atoms with van der Waals surface area (Å²) in [7, 11) is 0. The van der Waals surface area contributed by atoms with Crippen LogP contribution in [-0.4, -0.2) is 30.7 Å². The van der Waals surface area contributed by atoms with E-state index in [4.69, 9.17) is 9.47 Å². The van der Waals surface area contributed by atoms with Crippen molar-refractivity contribution in [3.8, 4) is 11.5 Å². The molecule has 0 spiro atoms. The van der Waals surface area contributed by atoms with Crippen LogP contribution in [0.5, 0.6) is 11.5 Å². The quantitative estimate of drug-likeness (QED) is 0.262. The van der Waals surface area contributed by atoms with Crippen molar-refractivity contribution in [2.75, 3.05) is 11.9 Å². The van der Waals surface area contributed by atoms with Gasteiger partial charge in [0.1, 0.15) is 0 Å². The van der Waals surface area contributed by atoms with E-state index < -0.39 is 0 Å². The maximum Gasteiger partial charge on any atom is 0.240 e. The van der Waals surface area contributed by atoms with Crippen molar-refractivity contribution < 1.29 is 19.1 Å². The first-order valence-corrected chi connectivity index (χ1v) is 11.2. The molecule has 166 valence electrons. The molecule has 7 nitrogen and oxygen atoms in total. The monoisotopic (exact) mass is 537 g/mol. The molecule has 0 saturated carbocycles. The molecule has 0 bridgehead atoms. The highest BCUT2D eigenvalue weighted by Gasteiger charge is 2.13. The first-order chi connectivity index (χ1) is 14.8. The molecule has 8 heteroatoms. The lowest BCUT2D eigenvalue weighted by atomic mass is 10.2. The Hall–Kier alpha value is -2.62. The molecule has 0 aliphatic carbocycles. The number of carbonyl (C=O) groups is 2. The molecule has 0 aliphatic heterocycles. The molecule has 0 unspecified atom stereocenters. The molecule has 31 heavy (non-hydrogen) atoms. The normalized spacial score (nSPS) is 10.9. The van der Waals surface area contributed by atoms with E-state index in [0.29, 0.717) is 23.8 Å². The van der Waals surface area contributed by atoms with Gasteiger partial charge in [0.2, 0.25) is 11.8 Å². The summed E-state index contributed by atoms with van der Waals surface area (Å²) in [6.45, 7) is 8.30. The third-order valence-electron chi connectivity index (χ3n) is 4.00. The summed E-state index contributed by atoms with van der Waals surface area (Å²) >= 11 is 2.18. The summed E-state index contributed by atoms with van der Waals surface area (Å²) in [6, 6.07) is 11.2. The standard InChI is InChI=1S/C23H28IN3O4/c1-5-30-20-13-17(12-19(24)23(20)31-15(2)3)14-25-27-22(29)11-10-21(28)26-18-8-6-16(4)7-9-18/h6-9,12-15H,5,10-11H2,1-4H3,(H,26,28)(H,27,29). The fourth-order valence-electron chi connectivity index (χ4n) is 2.60. The number of amides is 2. The summed E-state index contributed by atoms with van der Waals surface area (Å²) in [6.07, 6.45) is 1.67. The number of ether oxygens (including phenoxy) is 2. The van der Waals surface area contributed by atoms with E-state index >= 15 is 0 Å². The molecule has 2 amide bonds. The van der Waals surface area contributed by atoms with Crippen molar-refractivity contribution in [2.45, 2.75) is 46.6 Å². The third kappa shape index (κ3) is 8.56. The zero-order chi connectivity index (χ0) is 22.8. The van der Waals surface area contributed by atoms with Gasteiger partial charge in [-0.15, -0.1) is 0 Å². The average Bonchev–Trinajstić information content (AvgIpc) is 2.71. The Morgan fingerprint density at radius 1 is 1.13 bits per heavy atom. The molecule has 0 aromatic heterocycles. The fourth-order valence-corrected chi connectivity index (χ4v) is 3.35. The van der Waals surface area contributed by atoms with Crippen LogP contribution in [0.3, 0.4) is 0 Å². The summed E-state index contributed by atoms with van der Waals surface area (Å²) in [5.74, 6) is 0.760. The number of benzene rings is 2. The van der Waals surface area contributed by atoms with Crippen LogP contribution in [0, 0.1) is 10.5 Å². The number of rotatable bonds is 10. The van der Waals surface area contributed by atoms with Crippen molar-refractivity contribution in [2.24, 2.45) is 5.10 Å². The van der Waals surface area contributed by atoms with Crippen molar-refractivity contribution >= 4 is 46.3 Å². The largest absolute Gasteiger partial charge is 0.490 e. The van der Waals surface area contributed by atoms with Crippen LogP contribution in [0.1, 0.15) is 44.7 Å². The van der Waals surface area contributed by atoms with Crippen LogP contribution in [0.2, 0.25) is 0 Å². The molecule has 0 heterocycles. The molecule has 2 aromatic carbocycles. The van der Waals surface area contributed by atoms with Crippen LogP contribution in [0.25, 0.3) is 0 Å². The van der Waals surface area contributed by atoms with Gasteiger partial charge in [-0.25, -0.2) is 5.43 Å². The number of carbonyl (C=O) groups excluding carboxylic acids is 2. The first kappa shape index (κ1) is 24.6. The van der Waals surface area contributed by atoms with Crippen LogP contribution >= 0.6 is 22.6 Å². The van der Waals surface area contributed by atoms with E-state index in [1.807, 2.05) is 64.1 Å². The van der Waals surface area contributed by atoms with Crippen molar-refractivity contribution in [1.82, 2.24) is 5.43 Å². The number of aryl methyl sites for hydroxylation is 1. The van der Waals surface area contributed by atoms with Gasteiger partial charge in [-0.2, -0.15) is 5.10 Å². The number of nitrogens with zero attached hydrogens (tertiary/aromatic N) is 1. The van der Waals surface area contributed by atoms with Crippen LogP contribution in [0.4, 0.5) is 5.69 Å². The lowest BCUT2D eigenvalue weighted by Gasteiger charge is -2.16. The zero-order valence-electron chi connectivity index (χ0n) is 18.2. The average molecular weight is 537 g/mol. The van der Waals surface area contributed by atoms with Gasteiger partial charge in [-0.1, -0.05) is 17.7 Å². The third-order valence-corrected chi connectivity index (χ3v) is 4.80. The highest BCUT2D eigenvalue weighted by atomic mass is 127. The Labute approximate surface area is 196 Å². The molecule has 0 radical (unpaired) electrons. The zero-order valence-corrected chi connectivity index (χ0v) is 20.4. The van der Waals surface area contributed by atoms with Crippen LogP contribution < -0.4 is 20.2 Å². The highest BCUT2D eigenvalue weighted by Crippen LogP contribution is 2.34. The van der Waals surface area contributed by atoms with Crippen LogP contribution in [0.15, 0.2) is 41.5 Å². The first-order valence-electron chi connectivity index (χ1n) is 10.1. The Kier molecular flexibility index (Phi) is 9.77. The van der Waals surface area contributed by atoms with E-state index in [-0.39, 0.29) is 30.8 Å². The molecule has 0 fully saturated rings. The van der Waals surface area contributed by atoms with E-state index in [1.54, 1.807) is 0 Å². The van der Waals surface area contributed by atoms with Gasteiger partial charge >= 0.3 is 0 Å². The number of anilines is 1. The Morgan fingerprint density at radius 3 is 2.45 bits per heavy atom. The predicted octanol–water partition coefficient (Wildman–Crippen LogP) is 4.65.